The van der Waals surface area contributed by atoms with Gasteiger partial charge in [0.2, 0.25) is 5.88 Å². The molecule has 2 aromatic carbocycles. The van der Waals surface area contributed by atoms with Crippen LogP contribution in [0.2, 0.25) is 0 Å². The van der Waals surface area contributed by atoms with Crippen molar-refractivity contribution in [1.82, 2.24) is 14.5 Å². The molecule has 9 heteroatoms. The van der Waals surface area contributed by atoms with Crippen molar-refractivity contribution in [2.45, 2.75) is 77.7 Å². The first kappa shape index (κ1) is 34.4. The average Bonchev–Trinajstić information content (AvgIpc) is 3.30. The lowest BCUT2D eigenvalue weighted by Gasteiger charge is -2.23. The van der Waals surface area contributed by atoms with E-state index >= 15 is 0 Å². The van der Waals surface area contributed by atoms with Gasteiger partial charge >= 0.3 is 5.97 Å². The summed E-state index contributed by atoms with van der Waals surface area (Å²) in [7, 11) is 3.50. The van der Waals surface area contributed by atoms with Crippen LogP contribution in [0.3, 0.4) is 0 Å². The third kappa shape index (κ3) is 8.70. The second-order valence-electron chi connectivity index (χ2n) is 13.3. The SMILES string of the molecule is CCOc1ccc(-c2ccc(Cn3c(CC(C)(C)C(=O)O)c(SSC(C)(C)C)c4cc(OCc5ccc(C)cn5)ccc43)cc2)cn1. The zero-order valence-corrected chi connectivity index (χ0v) is 29.8. The maximum Gasteiger partial charge on any atom is 0.309 e. The van der Waals surface area contributed by atoms with Crippen LogP contribution in [0.25, 0.3) is 22.0 Å². The van der Waals surface area contributed by atoms with Gasteiger partial charge in [-0.25, -0.2) is 4.98 Å². The maximum atomic E-state index is 12.4. The zero-order chi connectivity index (χ0) is 33.8. The van der Waals surface area contributed by atoms with Gasteiger partial charge in [-0.1, -0.05) is 72.7 Å². The van der Waals surface area contributed by atoms with Crippen LogP contribution < -0.4 is 9.47 Å². The van der Waals surface area contributed by atoms with Crippen LogP contribution in [0.1, 0.15) is 64.1 Å². The van der Waals surface area contributed by atoms with Crippen molar-refractivity contribution < 1.29 is 19.4 Å². The molecule has 0 aliphatic carbocycles. The lowest BCUT2D eigenvalue weighted by Crippen LogP contribution is -2.27. The third-order valence-corrected chi connectivity index (χ3v) is 11.1. The van der Waals surface area contributed by atoms with Gasteiger partial charge in [-0.15, -0.1) is 0 Å². The van der Waals surface area contributed by atoms with E-state index in [0.29, 0.717) is 32.1 Å². The van der Waals surface area contributed by atoms with Gasteiger partial charge in [0.25, 0.3) is 0 Å². The van der Waals surface area contributed by atoms with Crippen molar-refractivity contribution in [1.29, 1.82) is 0 Å². The lowest BCUT2D eigenvalue weighted by molar-refractivity contribution is -0.146. The molecule has 7 nitrogen and oxygen atoms in total. The zero-order valence-electron chi connectivity index (χ0n) is 28.2. The van der Waals surface area contributed by atoms with Gasteiger partial charge in [-0.2, -0.15) is 0 Å². The molecule has 0 amide bonds. The first-order valence-corrected chi connectivity index (χ1v) is 17.9. The van der Waals surface area contributed by atoms with E-state index in [9.17, 15) is 9.90 Å². The number of aliphatic carboxylic acids is 1. The van der Waals surface area contributed by atoms with Crippen molar-refractivity contribution in [3.05, 3.63) is 102 Å². The normalized spacial score (nSPS) is 12.0. The minimum Gasteiger partial charge on any atom is -0.487 e. The van der Waals surface area contributed by atoms with Crippen LogP contribution >= 0.6 is 21.6 Å². The molecule has 0 saturated carbocycles. The Morgan fingerprint density at radius 3 is 2.26 bits per heavy atom. The van der Waals surface area contributed by atoms with Gasteiger partial charge < -0.3 is 19.1 Å². The van der Waals surface area contributed by atoms with Crippen LogP contribution in [-0.4, -0.2) is 37.0 Å². The first-order chi connectivity index (χ1) is 22.3. The molecule has 0 unspecified atom stereocenters. The van der Waals surface area contributed by atoms with Gasteiger partial charge in [0.15, 0.2) is 0 Å². The van der Waals surface area contributed by atoms with Gasteiger partial charge in [-0.05, 0) is 74.7 Å². The number of aromatic nitrogens is 3. The van der Waals surface area contributed by atoms with Gasteiger partial charge in [0, 0.05) is 63.2 Å². The molecule has 5 aromatic rings. The van der Waals surface area contributed by atoms with Crippen LogP contribution in [0.4, 0.5) is 0 Å². The first-order valence-electron chi connectivity index (χ1n) is 15.8. The predicted octanol–water partition coefficient (Wildman–Crippen LogP) is 9.62. The number of hydrogen-bond donors (Lipinski definition) is 1. The highest BCUT2D eigenvalue weighted by atomic mass is 33.1. The number of nitrogens with zero attached hydrogens (tertiary/aromatic N) is 3. The lowest BCUT2D eigenvalue weighted by atomic mass is 9.88. The van der Waals surface area contributed by atoms with E-state index in [1.807, 2.05) is 56.6 Å². The summed E-state index contributed by atoms with van der Waals surface area (Å²) in [6, 6.07) is 22.6. The molecule has 0 spiro atoms. The molecule has 0 saturated heterocycles. The number of aryl methyl sites for hydroxylation is 1. The van der Waals surface area contributed by atoms with Crippen LogP contribution in [-0.2, 0) is 24.4 Å². The van der Waals surface area contributed by atoms with Crippen LogP contribution in [0, 0.1) is 12.3 Å². The molecule has 0 bridgehead atoms. The summed E-state index contributed by atoms with van der Waals surface area (Å²) in [5.74, 6) is 0.538. The van der Waals surface area contributed by atoms with E-state index < -0.39 is 11.4 Å². The predicted molar refractivity (Wildman–Crippen MR) is 194 cm³/mol. The Morgan fingerprint density at radius 2 is 1.64 bits per heavy atom. The summed E-state index contributed by atoms with van der Waals surface area (Å²) in [5.41, 5.74) is 6.25. The van der Waals surface area contributed by atoms with Crippen molar-refractivity contribution >= 4 is 38.5 Å². The average molecular weight is 670 g/mol. The second-order valence-corrected chi connectivity index (χ2v) is 16.3. The summed E-state index contributed by atoms with van der Waals surface area (Å²) >= 11 is 0. The van der Waals surface area contributed by atoms with E-state index in [1.54, 1.807) is 35.4 Å². The topological polar surface area (TPSA) is 86.5 Å². The maximum absolute atomic E-state index is 12.4. The summed E-state index contributed by atoms with van der Waals surface area (Å²) in [5, 5.41) is 11.2. The van der Waals surface area contributed by atoms with E-state index in [-0.39, 0.29) is 4.75 Å². The number of carboxylic acid groups (broad SMARTS) is 1. The molecular weight excluding hydrogens is 627 g/mol. The molecule has 1 N–H and O–H groups in total. The molecule has 0 radical (unpaired) electrons. The van der Waals surface area contributed by atoms with Gasteiger partial charge in [0.05, 0.1) is 17.7 Å². The van der Waals surface area contributed by atoms with Crippen LogP contribution in [0.5, 0.6) is 11.6 Å². The Labute approximate surface area is 285 Å². The van der Waals surface area contributed by atoms with Gasteiger partial charge in [0.1, 0.15) is 12.4 Å². The highest BCUT2D eigenvalue weighted by Crippen LogP contribution is 2.48. The fraction of sp³-hybridized carbons (Fsp3) is 0.342. The third-order valence-electron chi connectivity index (χ3n) is 7.67. The summed E-state index contributed by atoms with van der Waals surface area (Å²) in [6.45, 7) is 15.7. The number of benzene rings is 2. The van der Waals surface area contributed by atoms with Crippen molar-refractivity contribution in [3.8, 4) is 22.8 Å². The van der Waals surface area contributed by atoms with Crippen LogP contribution in [0.15, 0.2) is 84.0 Å². The Balaban J connectivity index is 1.54. The second kappa shape index (κ2) is 14.4. The monoisotopic (exact) mass is 669 g/mol. The molecule has 3 aromatic heterocycles. The number of pyridine rings is 2. The van der Waals surface area contributed by atoms with E-state index in [0.717, 1.165) is 55.2 Å². The van der Waals surface area contributed by atoms with E-state index in [1.165, 1.54) is 0 Å². The Hall–Kier alpha value is -3.95. The quantitative estimate of drug-likeness (QED) is 0.124. The smallest absolute Gasteiger partial charge is 0.309 e. The molecule has 3 heterocycles. The minimum absolute atomic E-state index is 0.00451. The number of hydrogen-bond acceptors (Lipinski definition) is 7. The minimum atomic E-state index is -0.964. The Kier molecular flexibility index (Phi) is 10.6. The summed E-state index contributed by atoms with van der Waals surface area (Å²) < 4.78 is 14.0. The van der Waals surface area contributed by atoms with E-state index in [2.05, 4.69) is 71.7 Å². The Bertz CT molecular complexity index is 1830. The number of ether oxygens (including phenoxy) is 2. The number of rotatable bonds is 13. The molecule has 0 aliphatic rings. The highest BCUT2D eigenvalue weighted by molar-refractivity contribution is 8.77. The fourth-order valence-electron chi connectivity index (χ4n) is 5.07. The summed E-state index contributed by atoms with van der Waals surface area (Å²) in [4.78, 5) is 22.4. The number of carboxylic acids is 1. The molecule has 0 fully saturated rings. The van der Waals surface area contributed by atoms with Gasteiger partial charge in [-0.3, -0.25) is 9.78 Å². The fourth-order valence-corrected chi connectivity index (χ4v) is 7.49. The Morgan fingerprint density at radius 1 is 0.894 bits per heavy atom. The molecule has 47 heavy (non-hydrogen) atoms. The molecule has 246 valence electrons. The standard InChI is InChI=1S/C38H43N3O4S2/c1-8-44-34-18-14-28(22-40-34)27-12-10-26(11-13-27)23-41-32-17-16-30(45-24-29-15-9-25(2)21-39-29)19-31(32)35(46-47-37(3,4)5)33(41)20-38(6,7)36(42)43/h9-19,21-22H,8,20,23-24H2,1-7H3,(H,42,43). The van der Waals surface area contributed by atoms with Crippen molar-refractivity contribution in [2.24, 2.45) is 5.41 Å². The molecule has 0 aliphatic heterocycles. The molecular formula is C38H43N3O4S2. The highest BCUT2D eigenvalue weighted by Gasteiger charge is 2.32. The van der Waals surface area contributed by atoms with E-state index in [4.69, 9.17) is 9.47 Å². The number of carbonyl (C=O) groups is 1. The molecule has 0 atom stereocenters. The largest absolute Gasteiger partial charge is 0.487 e. The van der Waals surface area contributed by atoms with Crippen molar-refractivity contribution in [2.75, 3.05) is 6.61 Å². The number of fused-ring (bicyclic) bond motifs is 1. The summed E-state index contributed by atoms with van der Waals surface area (Å²) in [6.07, 6.45) is 4.05. The van der Waals surface area contributed by atoms with Crippen molar-refractivity contribution in [3.63, 3.8) is 0 Å². The molecule has 5 rings (SSSR count).